The standard InChI is InChI=1S/C16H23N3O3/c1-11-9-19(10-12(2)18-11)15(20)7-8-22-14-5-3-13(4-6-14)16(17)21/h3-6,11-12,18H,7-10H2,1-2H3,(H2,17,21)/t11-,12+. The second-order valence-corrected chi connectivity index (χ2v) is 5.75. The Balaban J connectivity index is 1.78. The number of rotatable bonds is 5. The van der Waals surface area contributed by atoms with E-state index in [0.29, 0.717) is 36.4 Å². The molecule has 0 unspecified atom stereocenters. The van der Waals surface area contributed by atoms with Gasteiger partial charge < -0.3 is 20.7 Å². The summed E-state index contributed by atoms with van der Waals surface area (Å²) in [6, 6.07) is 7.21. The van der Waals surface area contributed by atoms with Crippen molar-refractivity contribution in [1.82, 2.24) is 10.2 Å². The number of primary amides is 1. The number of benzene rings is 1. The number of carbonyl (C=O) groups is 2. The minimum Gasteiger partial charge on any atom is -0.493 e. The third kappa shape index (κ3) is 4.46. The summed E-state index contributed by atoms with van der Waals surface area (Å²) >= 11 is 0. The van der Waals surface area contributed by atoms with Crippen molar-refractivity contribution >= 4 is 11.8 Å². The molecule has 1 aromatic rings. The molecule has 2 rings (SSSR count). The number of nitrogens with one attached hydrogen (secondary N) is 1. The molecule has 0 aliphatic carbocycles. The number of carbonyl (C=O) groups excluding carboxylic acids is 2. The molecular formula is C16H23N3O3. The molecule has 1 fully saturated rings. The lowest BCUT2D eigenvalue weighted by atomic mass is 10.1. The molecule has 6 heteroatoms. The minimum atomic E-state index is -0.469. The van der Waals surface area contributed by atoms with E-state index in [1.165, 1.54) is 0 Å². The van der Waals surface area contributed by atoms with Gasteiger partial charge in [0, 0.05) is 30.7 Å². The summed E-state index contributed by atoms with van der Waals surface area (Å²) in [5, 5.41) is 3.40. The lowest BCUT2D eigenvalue weighted by Crippen LogP contribution is -2.56. The van der Waals surface area contributed by atoms with Crippen LogP contribution in [0.5, 0.6) is 5.75 Å². The Bertz CT molecular complexity index is 520. The maximum absolute atomic E-state index is 12.2. The molecule has 1 aliphatic rings. The molecule has 0 aromatic heterocycles. The summed E-state index contributed by atoms with van der Waals surface area (Å²) in [5.74, 6) is 0.262. The fraction of sp³-hybridized carbons (Fsp3) is 0.500. The van der Waals surface area contributed by atoms with E-state index in [4.69, 9.17) is 10.5 Å². The first-order valence-corrected chi connectivity index (χ1v) is 7.52. The number of nitrogens with zero attached hydrogens (tertiary/aromatic N) is 1. The van der Waals surface area contributed by atoms with Crippen LogP contribution in [0.15, 0.2) is 24.3 Å². The zero-order valence-electron chi connectivity index (χ0n) is 13.0. The fourth-order valence-corrected chi connectivity index (χ4v) is 2.66. The molecule has 1 heterocycles. The van der Waals surface area contributed by atoms with Gasteiger partial charge >= 0.3 is 0 Å². The van der Waals surface area contributed by atoms with Crippen LogP contribution in [0.3, 0.4) is 0 Å². The zero-order valence-corrected chi connectivity index (χ0v) is 13.0. The molecule has 120 valence electrons. The van der Waals surface area contributed by atoms with E-state index < -0.39 is 5.91 Å². The van der Waals surface area contributed by atoms with Gasteiger partial charge in [-0.15, -0.1) is 0 Å². The Morgan fingerprint density at radius 3 is 2.36 bits per heavy atom. The summed E-state index contributed by atoms with van der Waals surface area (Å²) in [4.78, 5) is 25.0. The molecule has 0 radical (unpaired) electrons. The normalized spacial score (nSPS) is 21.5. The highest BCUT2D eigenvalue weighted by atomic mass is 16.5. The maximum atomic E-state index is 12.2. The van der Waals surface area contributed by atoms with Crippen LogP contribution in [0.25, 0.3) is 0 Å². The number of ether oxygens (including phenoxy) is 1. The molecule has 22 heavy (non-hydrogen) atoms. The van der Waals surface area contributed by atoms with E-state index >= 15 is 0 Å². The summed E-state index contributed by atoms with van der Waals surface area (Å²) in [7, 11) is 0. The Hall–Kier alpha value is -2.08. The van der Waals surface area contributed by atoms with E-state index in [1.807, 2.05) is 4.90 Å². The zero-order chi connectivity index (χ0) is 16.1. The average Bonchev–Trinajstić information content (AvgIpc) is 2.46. The number of hydrogen-bond acceptors (Lipinski definition) is 4. The SMILES string of the molecule is C[C@@H]1CN(C(=O)CCOc2ccc(C(N)=O)cc2)C[C@H](C)N1. The van der Waals surface area contributed by atoms with Crippen molar-refractivity contribution in [2.24, 2.45) is 5.73 Å². The van der Waals surface area contributed by atoms with Crippen LogP contribution in [0.1, 0.15) is 30.6 Å². The third-order valence-corrected chi connectivity index (χ3v) is 3.63. The first-order chi connectivity index (χ1) is 10.5. The van der Waals surface area contributed by atoms with Gasteiger partial charge in [0.1, 0.15) is 5.75 Å². The van der Waals surface area contributed by atoms with Crippen LogP contribution < -0.4 is 15.8 Å². The summed E-state index contributed by atoms with van der Waals surface area (Å²) in [5.41, 5.74) is 5.61. The van der Waals surface area contributed by atoms with E-state index in [0.717, 1.165) is 13.1 Å². The Labute approximate surface area is 130 Å². The van der Waals surface area contributed by atoms with Gasteiger partial charge in [0.25, 0.3) is 0 Å². The van der Waals surface area contributed by atoms with Crippen molar-refractivity contribution in [1.29, 1.82) is 0 Å². The Morgan fingerprint density at radius 1 is 1.23 bits per heavy atom. The van der Waals surface area contributed by atoms with Gasteiger partial charge in [0.15, 0.2) is 0 Å². The minimum absolute atomic E-state index is 0.106. The number of hydrogen-bond donors (Lipinski definition) is 2. The van der Waals surface area contributed by atoms with Crippen molar-refractivity contribution in [3.05, 3.63) is 29.8 Å². The van der Waals surface area contributed by atoms with E-state index in [-0.39, 0.29) is 5.91 Å². The first kappa shape index (κ1) is 16.3. The summed E-state index contributed by atoms with van der Waals surface area (Å²) < 4.78 is 5.54. The molecule has 0 bridgehead atoms. The van der Waals surface area contributed by atoms with E-state index in [9.17, 15) is 9.59 Å². The molecule has 1 aliphatic heterocycles. The molecule has 1 aromatic carbocycles. The van der Waals surface area contributed by atoms with Crippen molar-refractivity contribution in [3.63, 3.8) is 0 Å². The van der Waals surface area contributed by atoms with Crippen molar-refractivity contribution in [2.75, 3.05) is 19.7 Å². The van der Waals surface area contributed by atoms with Gasteiger partial charge in [-0.25, -0.2) is 0 Å². The molecule has 2 atom stereocenters. The van der Waals surface area contributed by atoms with Crippen molar-refractivity contribution in [3.8, 4) is 5.75 Å². The van der Waals surface area contributed by atoms with Crippen LogP contribution in [0.4, 0.5) is 0 Å². The molecule has 1 saturated heterocycles. The van der Waals surface area contributed by atoms with Gasteiger partial charge in [-0.3, -0.25) is 9.59 Å². The van der Waals surface area contributed by atoms with E-state index in [2.05, 4.69) is 19.2 Å². The van der Waals surface area contributed by atoms with Gasteiger partial charge in [-0.2, -0.15) is 0 Å². The number of nitrogens with two attached hydrogens (primary N) is 1. The lowest BCUT2D eigenvalue weighted by Gasteiger charge is -2.36. The second-order valence-electron chi connectivity index (χ2n) is 5.75. The molecule has 0 spiro atoms. The van der Waals surface area contributed by atoms with Crippen LogP contribution >= 0.6 is 0 Å². The van der Waals surface area contributed by atoms with Crippen LogP contribution in [0, 0.1) is 0 Å². The van der Waals surface area contributed by atoms with Gasteiger partial charge in [-0.1, -0.05) is 0 Å². The maximum Gasteiger partial charge on any atom is 0.248 e. The third-order valence-electron chi connectivity index (χ3n) is 3.63. The van der Waals surface area contributed by atoms with Crippen molar-refractivity contribution < 1.29 is 14.3 Å². The molecule has 0 saturated carbocycles. The van der Waals surface area contributed by atoms with Crippen LogP contribution in [0.2, 0.25) is 0 Å². The number of piperazine rings is 1. The molecule has 3 N–H and O–H groups in total. The highest BCUT2D eigenvalue weighted by Gasteiger charge is 2.24. The predicted molar refractivity (Wildman–Crippen MR) is 83.7 cm³/mol. The highest BCUT2D eigenvalue weighted by Crippen LogP contribution is 2.13. The van der Waals surface area contributed by atoms with Gasteiger partial charge in [0.2, 0.25) is 11.8 Å². The van der Waals surface area contributed by atoms with Gasteiger partial charge in [0.05, 0.1) is 13.0 Å². The average molecular weight is 305 g/mol. The van der Waals surface area contributed by atoms with Crippen molar-refractivity contribution in [2.45, 2.75) is 32.4 Å². The van der Waals surface area contributed by atoms with Crippen LogP contribution in [-0.2, 0) is 4.79 Å². The summed E-state index contributed by atoms with van der Waals surface area (Å²) in [6.07, 6.45) is 0.344. The topological polar surface area (TPSA) is 84.7 Å². The summed E-state index contributed by atoms with van der Waals surface area (Å²) in [6.45, 7) is 5.94. The quantitative estimate of drug-likeness (QED) is 0.841. The fourth-order valence-electron chi connectivity index (χ4n) is 2.66. The van der Waals surface area contributed by atoms with Gasteiger partial charge in [-0.05, 0) is 38.1 Å². The number of amides is 2. The van der Waals surface area contributed by atoms with Crippen LogP contribution in [-0.4, -0.2) is 48.5 Å². The Kier molecular flexibility index (Phi) is 5.38. The molecule has 6 nitrogen and oxygen atoms in total. The predicted octanol–water partition coefficient (Wildman–Crippen LogP) is 0.763. The monoisotopic (exact) mass is 305 g/mol. The smallest absolute Gasteiger partial charge is 0.248 e. The highest BCUT2D eigenvalue weighted by molar-refractivity contribution is 5.92. The first-order valence-electron chi connectivity index (χ1n) is 7.52. The Morgan fingerprint density at radius 2 is 1.82 bits per heavy atom. The molecule has 2 amide bonds. The van der Waals surface area contributed by atoms with E-state index in [1.54, 1.807) is 24.3 Å². The molecular weight excluding hydrogens is 282 g/mol. The largest absolute Gasteiger partial charge is 0.493 e. The second kappa shape index (κ2) is 7.26. The lowest BCUT2D eigenvalue weighted by molar-refractivity contribution is -0.133.